The number of carbonyl (C=O) groups excluding carboxylic acids is 2. The minimum absolute atomic E-state index is 0.0583. The summed E-state index contributed by atoms with van der Waals surface area (Å²) < 4.78 is 14.7. The molecular formula is C10H18O7. The predicted octanol–water partition coefficient (Wildman–Crippen LogP) is -0.454. The van der Waals surface area contributed by atoms with E-state index >= 15 is 0 Å². The first-order valence-electron chi connectivity index (χ1n) is 5.21. The third kappa shape index (κ3) is 8.61. The van der Waals surface area contributed by atoms with Gasteiger partial charge < -0.3 is 24.4 Å². The summed E-state index contributed by atoms with van der Waals surface area (Å²) in [6.07, 6.45) is -1.90. The molecular weight excluding hydrogens is 232 g/mol. The molecule has 0 fully saturated rings. The third-order valence-electron chi connectivity index (χ3n) is 1.63. The lowest BCUT2D eigenvalue weighted by molar-refractivity contribution is -0.241. The van der Waals surface area contributed by atoms with Crippen molar-refractivity contribution in [3.05, 3.63) is 0 Å². The first-order chi connectivity index (χ1) is 7.99. The van der Waals surface area contributed by atoms with Crippen LogP contribution in [0.5, 0.6) is 0 Å². The Morgan fingerprint density at radius 3 is 1.53 bits per heavy atom. The molecule has 0 saturated heterocycles. The molecule has 0 saturated carbocycles. The van der Waals surface area contributed by atoms with E-state index in [1.807, 2.05) is 0 Å². The molecule has 0 spiro atoms. The zero-order valence-electron chi connectivity index (χ0n) is 9.92. The Bertz CT molecular complexity index is 217. The Morgan fingerprint density at radius 1 is 0.941 bits per heavy atom. The SMILES string of the molecule is CC(=O)OC(CCO)OC(CCO)OC(C)=O. The molecule has 7 heteroatoms. The van der Waals surface area contributed by atoms with E-state index in [0.29, 0.717) is 0 Å². The topological polar surface area (TPSA) is 102 Å². The Morgan fingerprint density at radius 2 is 1.29 bits per heavy atom. The number of aliphatic hydroxyl groups is 2. The molecule has 0 amide bonds. The molecule has 0 rings (SSSR count). The van der Waals surface area contributed by atoms with Gasteiger partial charge in [0.1, 0.15) is 0 Å². The smallest absolute Gasteiger partial charge is 0.304 e. The minimum Gasteiger partial charge on any atom is -0.436 e. The van der Waals surface area contributed by atoms with Gasteiger partial charge in [0.05, 0.1) is 0 Å². The van der Waals surface area contributed by atoms with Gasteiger partial charge >= 0.3 is 11.9 Å². The van der Waals surface area contributed by atoms with Crippen molar-refractivity contribution in [1.29, 1.82) is 0 Å². The molecule has 0 aromatic rings. The molecule has 0 aromatic heterocycles. The van der Waals surface area contributed by atoms with E-state index in [1.54, 1.807) is 0 Å². The lowest BCUT2D eigenvalue weighted by atomic mass is 10.4. The highest BCUT2D eigenvalue weighted by Gasteiger charge is 2.20. The summed E-state index contributed by atoms with van der Waals surface area (Å²) in [5.41, 5.74) is 0. The number of hydrogen-bond donors (Lipinski definition) is 2. The van der Waals surface area contributed by atoms with Crippen molar-refractivity contribution in [3.63, 3.8) is 0 Å². The maximum absolute atomic E-state index is 10.7. The number of esters is 2. The average Bonchev–Trinajstić information content (AvgIpc) is 2.16. The van der Waals surface area contributed by atoms with Crippen molar-refractivity contribution in [2.75, 3.05) is 13.2 Å². The fourth-order valence-corrected chi connectivity index (χ4v) is 1.06. The van der Waals surface area contributed by atoms with Crippen LogP contribution in [0.4, 0.5) is 0 Å². The summed E-state index contributed by atoms with van der Waals surface area (Å²) >= 11 is 0. The number of ether oxygens (including phenoxy) is 3. The zero-order chi connectivity index (χ0) is 13.3. The molecule has 0 heterocycles. The van der Waals surface area contributed by atoms with Crippen molar-refractivity contribution in [2.24, 2.45) is 0 Å². The van der Waals surface area contributed by atoms with Gasteiger partial charge in [0.2, 0.25) is 12.6 Å². The third-order valence-corrected chi connectivity index (χ3v) is 1.63. The van der Waals surface area contributed by atoms with Crippen LogP contribution in [0.3, 0.4) is 0 Å². The summed E-state index contributed by atoms with van der Waals surface area (Å²) in [6, 6.07) is 0. The number of carbonyl (C=O) groups is 2. The molecule has 0 radical (unpaired) electrons. The number of aliphatic hydroxyl groups excluding tert-OH is 2. The van der Waals surface area contributed by atoms with Gasteiger partial charge in [0.15, 0.2) is 0 Å². The van der Waals surface area contributed by atoms with Crippen molar-refractivity contribution in [3.8, 4) is 0 Å². The summed E-state index contributed by atoms with van der Waals surface area (Å²) in [5, 5.41) is 17.5. The monoisotopic (exact) mass is 250 g/mol. The van der Waals surface area contributed by atoms with Crippen LogP contribution in [0, 0.1) is 0 Å². The molecule has 0 aliphatic heterocycles. The maximum Gasteiger partial charge on any atom is 0.304 e. The molecule has 2 unspecified atom stereocenters. The zero-order valence-corrected chi connectivity index (χ0v) is 9.92. The van der Waals surface area contributed by atoms with E-state index in [1.165, 1.54) is 13.8 Å². The van der Waals surface area contributed by atoms with Crippen LogP contribution >= 0.6 is 0 Å². The van der Waals surface area contributed by atoms with Crippen molar-refractivity contribution in [2.45, 2.75) is 39.3 Å². The van der Waals surface area contributed by atoms with Gasteiger partial charge in [-0.15, -0.1) is 0 Å². The molecule has 17 heavy (non-hydrogen) atoms. The van der Waals surface area contributed by atoms with Crippen LogP contribution in [0.15, 0.2) is 0 Å². The second-order valence-corrected chi connectivity index (χ2v) is 3.24. The molecule has 0 aliphatic carbocycles. The van der Waals surface area contributed by atoms with Crippen LogP contribution in [0.25, 0.3) is 0 Å². The van der Waals surface area contributed by atoms with Gasteiger partial charge in [-0.25, -0.2) is 0 Å². The fourth-order valence-electron chi connectivity index (χ4n) is 1.06. The molecule has 0 aliphatic rings. The second kappa shape index (κ2) is 8.91. The molecule has 0 aromatic carbocycles. The Hall–Kier alpha value is -1.18. The maximum atomic E-state index is 10.7. The van der Waals surface area contributed by atoms with Crippen LogP contribution in [-0.4, -0.2) is 47.9 Å². The first kappa shape index (κ1) is 15.8. The minimum atomic E-state index is -1.01. The lowest BCUT2D eigenvalue weighted by Crippen LogP contribution is -2.30. The van der Waals surface area contributed by atoms with Crippen LogP contribution in [-0.2, 0) is 23.8 Å². The summed E-state index contributed by atoms with van der Waals surface area (Å²) in [5.74, 6) is -1.15. The quantitative estimate of drug-likeness (QED) is 0.444. The van der Waals surface area contributed by atoms with Gasteiger partial charge in [0.25, 0.3) is 0 Å². The van der Waals surface area contributed by atoms with Crippen molar-refractivity contribution < 1.29 is 34.0 Å². The van der Waals surface area contributed by atoms with Gasteiger partial charge in [-0.05, 0) is 0 Å². The van der Waals surface area contributed by atoms with Crippen LogP contribution in [0.1, 0.15) is 26.7 Å². The second-order valence-electron chi connectivity index (χ2n) is 3.24. The van der Waals surface area contributed by atoms with Crippen LogP contribution in [0.2, 0.25) is 0 Å². The number of rotatable bonds is 8. The van der Waals surface area contributed by atoms with E-state index in [2.05, 4.69) is 0 Å². The molecule has 100 valence electrons. The van der Waals surface area contributed by atoms with E-state index in [9.17, 15) is 9.59 Å². The largest absolute Gasteiger partial charge is 0.436 e. The standard InChI is InChI=1S/C10H18O7/c1-7(13)15-9(3-5-11)17-10(4-6-12)16-8(2)14/h9-12H,3-6H2,1-2H3. The normalized spacial score (nSPS) is 13.9. The number of hydrogen-bond acceptors (Lipinski definition) is 7. The van der Waals surface area contributed by atoms with Crippen molar-refractivity contribution in [1.82, 2.24) is 0 Å². The van der Waals surface area contributed by atoms with Gasteiger partial charge in [0, 0.05) is 39.9 Å². The Labute approximate surface area is 99.3 Å². The van der Waals surface area contributed by atoms with Crippen LogP contribution < -0.4 is 0 Å². The summed E-state index contributed by atoms with van der Waals surface area (Å²) in [7, 11) is 0. The highest BCUT2D eigenvalue weighted by atomic mass is 16.8. The van der Waals surface area contributed by atoms with Gasteiger partial charge in [-0.2, -0.15) is 0 Å². The van der Waals surface area contributed by atoms with E-state index < -0.39 is 24.5 Å². The first-order valence-corrected chi connectivity index (χ1v) is 5.21. The van der Waals surface area contributed by atoms with Crippen molar-refractivity contribution >= 4 is 11.9 Å². The van der Waals surface area contributed by atoms with Gasteiger partial charge in [-0.1, -0.05) is 0 Å². The van der Waals surface area contributed by atoms with E-state index in [-0.39, 0.29) is 26.1 Å². The highest BCUT2D eigenvalue weighted by molar-refractivity contribution is 5.66. The highest BCUT2D eigenvalue weighted by Crippen LogP contribution is 2.09. The fraction of sp³-hybridized carbons (Fsp3) is 0.800. The van der Waals surface area contributed by atoms with Gasteiger partial charge in [-0.3, -0.25) is 9.59 Å². The Balaban J connectivity index is 4.31. The molecule has 7 nitrogen and oxygen atoms in total. The van der Waals surface area contributed by atoms with E-state index in [0.717, 1.165) is 0 Å². The average molecular weight is 250 g/mol. The summed E-state index contributed by atoms with van der Waals surface area (Å²) in [4.78, 5) is 21.5. The molecule has 2 N–H and O–H groups in total. The molecule has 2 atom stereocenters. The Kier molecular flexibility index (Phi) is 8.29. The summed E-state index contributed by atoms with van der Waals surface area (Å²) in [6.45, 7) is 1.90. The predicted molar refractivity (Wildman–Crippen MR) is 55.6 cm³/mol. The van der Waals surface area contributed by atoms with E-state index in [4.69, 9.17) is 24.4 Å². The molecule has 0 bridgehead atoms. The lowest BCUT2D eigenvalue weighted by Gasteiger charge is -2.23.